The van der Waals surface area contributed by atoms with E-state index >= 15 is 0 Å². The molecule has 1 rings (SSSR count). The first-order chi connectivity index (χ1) is 7.59. The highest BCUT2D eigenvalue weighted by Crippen LogP contribution is 2.11. The molecule has 0 saturated heterocycles. The predicted octanol–water partition coefficient (Wildman–Crippen LogP) is 1.57. The molecule has 0 bridgehead atoms. The van der Waals surface area contributed by atoms with Crippen LogP contribution in [0.25, 0.3) is 0 Å². The summed E-state index contributed by atoms with van der Waals surface area (Å²) in [7, 11) is 0. The second-order valence-electron chi connectivity index (χ2n) is 3.75. The van der Waals surface area contributed by atoms with Crippen molar-refractivity contribution in [1.82, 2.24) is 0 Å². The van der Waals surface area contributed by atoms with Crippen molar-refractivity contribution in [3.8, 4) is 5.75 Å². The Balaban J connectivity index is 2.21. The van der Waals surface area contributed by atoms with E-state index in [1.807, 2.05) is 31.2 Å². The first kappa shape index (κ1) is 12.5. The molecule has 1 aromatic rings. The van der Waals surface area contributed by atoms with Crippen LogP contribution in [0.4, 0.5) is 0 Å². The van der Waals surface area contributed by atoms with Crippen LogP contribution in [0.1, 0.15) is 18.4 Å². The number of hydrogen-bond acceptors (Lipinski definition) is 3. The summed E-state index contributed by atoms with van der Waals surface area (Å²) < 4.78 is 5.44. The van der Waals surface area contributed by atoms with Crippen LogP contribution in [-0.2, 0) is 4.79 Å². The normalized spacial score (nSPS) is 12.1. The first-order valence-corrected chi connectivity index (χ1v) is 5.27. The van der Waals surface area contributed by atoms with E-state index in [-0.39, 0.29) is 0 Å². The van der Waals surface area contributed by atoms with E-state index in [0.717, 1.165) is 5.75 Å². The summed E-state index contributed by atoms with van der Waals surface area (Å²) in [6, 6.07) is 6.94. The van der Waals surface area contributed by atoms with Crippen molar-refractivity contribution in [2.24, 2.45) is 5.73 Å². The average molecular weight is 223 g/mol. The van der Waals surface area contributed by atoms with Crippen LogP contribution in [-0.4, -0.2) is 23.7 Å². The summed E-state index contributed by atoms with van der Waals surface area (Å²) in [5.74, 6) is -0.162. The Kier molecular flexibility index (Phi) is 4.79. The van der Waals surface area contributed by atoms with Gasteiger partial charge in [0.05, 0.1) is 6.61 Å². The van der Waals surface area contributed by atoms with E-state index in [1.54, 1.807) is 0 Å². The molecule has 4 nitrogen and oxygen atoms in total. The van der Waals surface area contributed by atoms with E-state index in [2.05, 4.69) is 0 Å². The molecule has 0 aliphatic heterocycles. The highest BCUT2D eigenvalue weighted by Gasteiger charge is 2.10. The molecule has 1 aromatic carbocycles. The molecule has 3 N–H and O–H groups in total. The third-order valence-corrected chi connectivity index (χ3v) is 2.27. The van der Waals surface area contributed by atoms with Crippen molar-refractivity contribution in [3.05, 3.63) is 29.8 Å². The van der Waals surface area contributed by atoms with E-state index in [9.17, 15) is 4.79 Å². The highest BCUT2D eigenvalue weighted by molar-refractivity contribution is 5.72. The monoisotopic (exact) mass is 223 g/mol. The molecule has 1 atom stereocenters. The standard InChI is InChI=1S/C12H17NO3/c1-9-4-6-10(7-5-9)16-8-2-3-11(13)12(14)15/h4-7,11H,2-3,8,13H2,1H3,(H,14,15). The Hall–Kier alpha value is -1.55. The molecule has 0 radical (unpaired) electrons. The maximum atomic E-state index is 10.4. The van der Waals surface area contributed by atoms with Crippen LogP contribution < -0.4 is 10.5 Å². The van der Waals surface area contributed by atoms with Crippen LogP contribution >= 0.6 is 0 Å². The van der Waals surface area contributed by atoms with Gasteiger partial charge < -0.3 is 15.6 Å². The minimum atomic E-state index is -0.963. The Morgan fingerprint density at radius 1 is 1.44 bits per heavy atom. The Morgan fingerprint density at radius 2 is 2.06 bits per heavy atom. The van der Waals surface area contributed by atoms with E-state index in [0.29, 0.717) is 19.4 Å². The number of hydrogen-bond donors (Lipinski definition) is 2. The number of rotatable bonds is 6. The summed E-state index contributed by atoms with van der Waals surface area (Å²) >= 11 is 0. The quantitative estimate of drug-likeness (QED) is 0.718. The minimum Gasteiger partial charge on any atom is -0.494 e. The molecule has 0 saturated carbocycles. The third-order valence-electron chi connectivity index (χ3n) is 2.27. The van der Waals surface area contributed by atoms with Crippen LogP contribution in [0.3, 0.4) is 0 Å². The SMILES string of the molecule is Cc1ccc(OCCCC(N)C(=O)O)cc1. The molecule has 88 valence electrons. The smallest absolute Gasteiger partial charge is 0.320 e. The molecule has 0 aliphatic rings. The lowest BCUT2D eigenvalue weighted by Gasteiger charge is -2.08. The van der Waals surface area contributed by atoms with E-state index in [1.165, 1.54) is 5.56 Å². The topological polar surface area (TPSA) is 72.5 Å². The molecule has 1 unspecified atom stereocenters. The number of ether oxygens (including phenoxy) is 1. The molecular formula is C12H17NO3. The molecule has 16 heavy (non-hydrogen) atoms. The van der Waals surface area contributed by atoms with Gasteiger partial charge in [-0.1, -0.05) is 17.7 Å². The second kappa shape index (κ2) is 6.12. The van der Waals surface area contributed by atoms with Gasteiger partial charge in [0.15, 0.2) is 0 Å². The van der Waals surface area contributed by atoms with Crippen LogP contribution in [0, 0.1) is 6.92 Å². The Bertz CT molecular complexity index is 335. The van der Waals surface area contributed by atoms with Crippen LogP contribution in [0.2, 0.25) is 0 Å². The largest absolute Gasteiger partial charge is 0.494 e. The predicted molar refractivity (Wildman–Crippen MR) is 61.5 cm³/mol. The number of carbonyl (C=O) groups is 1. The van der Waals surface area contributed by atoms with Crippen molar-refractivity contribution in [2.75, 3.05) is 6.61 Å². The first-order valence-electron chi connectivity index (χ1n) is 5.27. The van der Waals surface area contributed by atoms with Gasteiger partial charge in [-0.15, -0.1) is 0 Å². The molecule has 0 aliphatic carbocycles. The zero-order valence-electron chi connectivity index (χ0n) is 9.35. The fourth-order valence-corrected chi connectivity index (χ4v) is 1.25. The van der Waals surface area contributed by atoms with Crippen LogP contribution in [0.15, 0.2) is 24.3 Å². The van der Waals surface area contributed by atoms with Gasteiger partial charge in [-0.2, -0.15) is 0 Å². The lowest BCUT2D eigenvalue weighted by Crippen LogP contribution is -2.30. The van der Waals surface area contributed by atoms with Crippen molar-refractivity contribution in [3.63, 3.8) is 0 Å². The van der Waals surface area contributed by atoms with E-state index < -0.39 is 12.0 Å². The summed E-state index contributed by atoms with van der Waals surface area (Å²) in [6.07, 6.45) is 1.07. The maximum absolute atomic E-state index is 10.4. The minimum absolute atomic E-state index is 0.432. The van der Waals surface area contributed by atoms with Crippen molar-refractivity contribution in [1.29, 1.82) is 0 Å². The molecule has 0 amide bonds. The number of carboxylic acid groups (broad SMARTS) is 1. The van der Waals surface area contributed by atoms with Gasteiger partial charge in [0.1, 0.15) is 11.8 Å². The fraction of sp³-hybridized carbons (Fsp3) is 0.417. The summed E-state index contributed by atoms with van der Waals surface area (Å²) in [5.41, 5.74) is 6.54. The van der Waals surface area contributed by atoms with Crippen molar-refractivity contribution in [2.45, 2.75) is 25.8 Å². The van der Waals surface area contributed by atoms with E-state index in [4.69, 9.17) is 15.6 Å². The maximum Gasteiger partial charge on any atom is 0.320 e. The zero-order chi connectivity index (χ0) is 12.0. The molecule has 0 spiro atoms. The second-order valence-corrected chi connectivity index (χ2v) is 3.75. The number of nitrogens with two attached hydrogens (primary N) is 1. The molecular weight excluding hydrogens is 206 g/mol. The van der Waals surface area contributed by atoms with Gasteiger partial charge in [-0.05, 0) is 31.9 Å². The fourth-order valence-electron chi connectivity index (χ4n) is 1.25. The van der Waals surface area contributed by atoms with Crippen LogP contribution in [0.5, 0.6) is 5.75 Å². The molecule has 4 heteroatoms. The van der Waals surface area contributed by atoms with Gasteiger partial charge in [0.25, 0.3) is 0 Å². The van der Waals surface area contributed by atoms with Gasteiger partial charge in [-0.25, -0.2) is 0 Å². The molecule has 0 fully saturated rings. The summed E-state index contributed by atoms with van der Waals surface area (Å²) in [5, 5.41) is 8.56. The van der Waals surface area contributed by atoms with Gasteiger partial charge in [-0.3, -0.25) is 4.79 Å². The van der Waals surface area contributed by atoms with Gasteiger partial charge >= 0.3 is 5.97 Å². The summed E-state index contributed by atoms with van der Waals surface area (Å²) in [4.78, 5) is 10.4. The highest BCUT2D eigenvalue weighted by atomic mass is 16.5. The lowest BCUT2D eigenvalue weighted by molar-refractivity contribution is -0.138. The Morgan fingerprint density at radius 3 is 2.62 bits per heavy atom. The number of benzene rings is 1. The third kappa shape index (κ3) is 4.31. The number of carboxylic acids is 1. The van der Waals surface area contributed by atoms with Gasteiger partial charge in [0.2, 0.25) is 0 Å². The average Bonchev–Trinajstić information content (AvgIpc) is 2.26. The summed E-state index contributed by atoms with van der Waals surface area (Å²) in [6.45, 7) is 2.50. The van der Waals surface area contributed by atoms with Gasteiger partial charge in [0, 0.05) is 0 Å². The van der Waals surface area contributed by atoms with Crippen molar-refractivity contribution < 1.29 is 14.6 Å². The molecule has 0 heterocycles. The number of aryl methyl sites for hydroxylation is 1. The lowest BCUT2D eigenvalue weighted by atomic mass is 10.2. The Labute approximate surface area is 95.0 Å². The number of aliphatic carboxylic acids is 1. The molecule has 0 aromatic heterocycles. The zero-order valence-corrected chi connectivity index (χ0v) is 9.35. The van der Waals surface area contributed by atoms with Crippen molar-refractivity contribution >= 4 is 5.97 Å².